The molecule has 0 fully saturated rings. The van der Waals surface area contributed by atoms with Crippen LogP contribution in [0.15, 0.2) is 24.3 Å². The van der Waals surface area contributed by atoms with Crippen molar-refractivity contribution in [3.63, 3.8) is 0 Å². The van der Waals surface area contributed by atoms with E-state index in [-0.39, 0.29) is 5.75 Å². The number of hydrogen-bond acceptors (Lipinski definition) is 2. The molecule has 66 valence electrons. The van der Waals surface area contributed by atoms with Gasteiger partial charge in [-0.15, -0.1) is 0 Å². The summed E-state index contributed by atoms with van der Waals surface area (Å²) in [6.45, 7) is 4.25. The molecule has 0 bridgehead atoms. The number of carbonyl (C=O) groups excluding carboxylic acids is 1. The predicted octanol–water partition coefficient (Wildman–Crippen LogP) is 2.62. The summed E-state index contributed by atoms with van der Waals surface area (Å²) in [5.41, 5.74) is 0.577. The summed E-state index contributed by atoms with van der Waals surface area (Å²) < 4.78 is 0. The van der Waals surface area contributed by atoms with Gasteiger partial charge >= 0.3 is 0 Å². The van der Waals surface area contributed by atoms with E-state index in [1.54, 1.807) is 12.1 Å². The van der Waals surface area contributed by atoms with Gasteiger partial charge in [-0.3, -0.25) is 4.79 Å². The fraction of sp³-hybridized carbons (Fsp3) is 0.300. The molecular weight excluding hydrogens is 152 g/mol. The van der Waals surface area contributed by atoms with Crippen LogP contribution >= 0.6 is 0 Å². The zero-order valence-electron chi connectivity index (χ0n) is 7.45. The number of benzene rings is 1. The number of phenols is 1. The second-order valence-corrected chi connectivity index (χ2v) is 2.42. The highest BCUT2D eigenvalue weighted by atomic mass is 16.3. The van der Waals surface area contributed by atoms with Gasteiger partial charge in [-0.2, -0.15) is 0 Å². The van der Waals surface area contributed by atoms with E-state index in [2.05, 4.69) is 13.8 Å². The number of aldehydes is 1. The Morgan fingerprint density at radius 1 is 1.25 bits per heavy atom. The minimum atomic E-state index is 0.181. The van der Waals surface area contributed by atoms with E-state index in [9.17, 15) is 4.79 Å². The monoisotopic (exact) mass is 166 g/mol. The SMILES string of the molecule is CCC.O=Cc1ccc(O)cc1. The summed E-state index contributed by atoms with van der Waals surface area (Å²) in [7, 11) is 0. The van der Waals surface area contributed by atoms with E-state index >= 15 is 0 Å². The molecule has 2 heteroatoms. The van der Waals surface area contributed by atoms with Crippen molar-refractivity contribution >= 4 is 6.29 Å². The number of phenolic OH excluding ortho intramolecular Hbond substituents is 1. The van der Waals surface area contributed by atoms with Crippen LogP contribution in [-0.2, 0) is 0 Å². The van der Waals surface area contributed by atoms with Crippen LogP contribution in [-0.4, -0.2) is 11.4 Å². The second-order valence-electron chi connectivity index (χ2n) is 2.42. The van der Waals surface area contributed by atoms with Gasteiger partial charge in [0.25, 0.3) is 0 Å². The Kier molecular flexibility index (Phi) is 5.70. The molecule has 0 aromatic heterocycles. The third kappa shape index (κ3) is 4.50. The van der Waals surface area contributed by atoms with Gasteiger partial charge in [-0.1, -0.05) is 20.3 Å². The van der Waals surface area contributed by atoms with Gasteiger partial charge in [0.1, 0.15) is 12.0 Å². The standard InChI is InChI=1S/C7H6O2.C3H8/c8-5-6-1-3-7(9)4-2-6;1-3-2/h1-5,9H;3H2,1-2H3. The van der Waals surface area contributed by atoms with Crippen LogP contribution in [0.3, 0.4) is 0 Å². The molecule has 0 aliphatic carbocycles. The highest BCUT2D eigenvalue weighted by Gasteiger charge is 1.86. The lowest BCUT2D eigenvalue weighted by Gasteiger charge is -1.88. The highest BCUT2D eigenvalue weighted by Crippen LogP contribution is 2.07. The van der Waals surface area contributed by atoms with Crippen LogP contribution in [0.1, 0.15) is 30.6 Å². The van der Waals surface area contributed by atoms with Crippen LogP contribution in [0.2, 0.25) is 0 Å². The maximum Gasteiger partial charge on any atom is 0.150 e. The Morgan fingerprint density at radius 3 is 2.00 bits per heavy atom. The fourth-order valence-corrected chi connectivity index (χ4v) is 0.553. The molecule has 0 saturated carbocycles. The number of hydrogen-bond donors (Lipinski definition) is 1. The lowest BCUT2D eigenvalue weighted by Crippen LogP contribution is -1.74. The van der Waals surface area contributed by atoms with Crippen molar-refractivity contribution in [3.8, 4) is 5.75 Å². The van der Waals surface area contributed by atoms with Crippen LogP contribution in [0.25, 0.3) is 0 Å². The largest absolute Gasteiger partial charge is 0.508 e. The van der Waals surface area contributed by atoms with Crippen LogP contribution in [0.4, 0.5) is 0 Å². The molecule has 2 nitrogen and oxygen atoms in total. The predicted molar refractivity (Wildman–Crippen MR) is 49.5 cm³/mol. The molecular formula is C10H14O2. The second kappa shape index (κ2) is 6.40. The summed E-state index contributed by atoms with van der Waals surface area (Å²) in [6.07, 6.45) is 1.99. The van der Waals surface area contributed by atoms with Gasteiger partial charge in [0, 0.05) is 5.56 Å². The van der Waals surface area contributed by atoms with Crippen molar-refractivity contribution in [1.29, 1.82) is 0 Å². The molecule has 0 amide bonds. The van der Waals surface area contributed by atoms with Crippen LogP contribution < -0.4 is 0 Å². The van der Waals surface area contributed by atoms with Crippen LogP contribution in [0, 0.1) is 0 Å². The lowest BCUT2D eigenvalue weighted by atomic mass is 10.2. The molecule has 0 aliphatic rings. The minimum absolute atomic E-state index is 0.181. The van der Waals surface area contributed by atoms with E-state index in [1.807, 2.05) is 0 Å². The summed E-state index contributed by atoms with van der Waals surface area (Å²) in [5.74, 6) is 0.181. The third-order valence-electron chi connectivity index (χ3n) is 1.03. The summed E-state index contributed by atoms with van der Waals surface area (Å²) in [5, 5.41) is 8.74. The molecule has 0 heterocycles. The Labute approximate surface area is 72.9 Å². The highest BCUT2D eigenvalue weighted by molar-refractivity contribution is 5.74. The third-order valence-corrected chi connectivity index (χ3v) is 1.03. The molecule has 0 aliphatic heterocycles. The number of aromatic hydroxyl groups is 1. The Morgan fingerprint density at radius 2 is 1.67 bits per heavy atom. The molecule has 1 aromatic carbocycles. The Hall–Kier alpha value is -1.31. The summed E-state index contributed by atoms with van der Waals surface area (Å²) >= 11 is 0. The van der Waals surface area contributed by atoms with Crippen molar-refractivity contribution in [2.24, 2.45) is 0 Å². The quantitative estimate of drug-likeness (QED) is 0.651. The molecule has 1 N–H and O–H groups in total. The van der Waals surface area contributed by atoms with Crippen molar-refractivity contribution in [2.75, 3.05) is 0 Å². The van der Waals surface area contributed by atoms with E-state index in [0.29, 0.717) is 5.56 Å². The Bertz CT molecular complexity index is 214. The molecule has 0 atom stereocenters. The van der Waals surface area contributed by atoms with Crippen molar-refractivity contribution in [3.05, 3.63) is 29.8 Å². The molecule has 0 radical (unpaired) electrons. The van der Waals surface area contributed by atoms with Gasteiger partial charge in [-0.05, 0) is 24.3 Å². The first-order chi connectivity index (χ1) is 5.74. The zero-order valence-corrected chi connectivity index (χ0v) is 7.45. The van der Waals surface area contributed by atoms with E-state index in [0.717, 1.165) is 6.29 Å². The van der Waals surface area contributed by atoms with Crippen molar-refractivity contribution < 1.29 is 9.90 Å². The summed E-state index contributed by atoms with van der Waals surface area (Å²) in [4.78, 5) is 10.0. The fourth-order valence-electron chi connectivity index (χ4n) is 0.553. The Balaban J connectivity index is 0.000000354. The average Bonchev–Trinajstić information content (AvgIpc) is 2.07. The van der Waals surface area contributed by atoms with E-state index in [4.69, 9.17) is 5.11 Å². The van der Waals surface area contributed by atoms with Gasteiger partial charge in [-0.25, -0.2) is 0 Å². The normalized spacial score (nSPS) is 8.17. The minimum Gasteiger partial charge on any atom is -0.508 e. The van der Waals surface area contributed by atoms with Crippen molar-refractivity contribution in [2.45, 2.75) is 20.3 Å². The maximum absolute atomic E-state index is 10.0. The topological polar surface area (TPSA) is 37.3 Å². The van der Waals surface area contributed by atoms with Gasteiger partial charge < -0.3 is 5.11 Å². The first kappa shape index (κ1) is 10.7. The molecule has 12 heavy (non-hydrogen) atoms. The molecule has 0 unspecified atom stereocenters. The molecule has 1 aromatic rings. The van der Waals surface area contributed by atoms with Crippen molar-refractivity contribution in [1.82, 2.24) is 0 Å². The maximum atomic E-state index is 10.0. The number of rotatable bonds is 1. The van der Waals surface area contributed by atoms with Gasteiger partial charge in [0.05, 0.1) is 0 Å². The average molecular weight is 166 g/mol. The van der Waals surface area contributed by atoms with Crippen LogP contribution in [0.5, 0.6) is 5.75 Å². The smallest absolute Gasteiger partial charge is 0.150 e. The molecule has 0 spiro atoms. The summed E-state index contributed by atoms with van der Waals surface area (Å²) in [6, 6.07) is 6.07. The number of carbonyl (C=O) groups is 1. The first-order valence-electron chi connectivity index (χ1n) is 3.98. The first-order valence-corrected chi connectivity index (χ1v) is 3.98. The van der Waals surface area contributed by atoms with Gasteiger partial charge in [0.2, 0.25) is 0 Å². The molecule has 1 rings (SSSR count). The lowest BCUT2D eigenvalue weighted by molar-refractivity contribution is 0.112. The van der Waals surface area contributed by atoms with E-state index in [1.165, 1.54) is 18.6 Å². The zero-order chi connectivity index (χ0) is 9.40. The van der Waals surface area contributed by atoms with Gasteiger partial charge in [0.15, 0.2) is 0 Å². The molecule has 0 saturated heterocycles. The van der Waals surface area contributed by atoms with E-state index < -0.39 is 0 Å².